The van der Waals surface area contributed by atoms with E-state index in [0.29, 0.717) is 19.5 Å². The van der Waals surface area contributed by atoms with Gasteiger partial charge >= 0.3 is 0 Å². The van der Waals surface area contributed by atoms with Crippen LogP contribution < -0.4 is 10.6 Å². The summed E-state index contributed by atoms with van der Waals surface area (Å²) < 4.78 is 1.09. The van der Waals surface area contributed by atoms with Crippen molar-refractivity contribution in [1.82, 2.24) is 5.32 Å². The molecule has 1 aromatic rings. The van der Waals surface area contributed by atoms with E-state index in [1.165, 1.54) is 5.56 Å². The van der Waals surface area contributed by atoms with E-state index < -0.39 is 0 Å². The number of hydrogen-bond donors (Lipinski definition) is 2. The second kappa shape index (κ2) is 7.33. The Balaban J connectivity index is 2.49. The lowest BCUT2D eigenvalue weighted by atomic mass is 10.1. The number of hydrogen-bond acceptors (Lipinski definition) is 2. The molecular formula is C13H19BrN2O. The van der Waals surface area contributed by atoms with Crippen molar-refractivity contribution in [2.75, 3.05) is 18.4 Å². The van der Waals surface area contributed by atoms with E-state index in [1.807, 2.05) is 19.1 Å². The van der Waals surface area contributed by atoms with E-state index in [4.69, 9.17) is 0 Å². The Labute approximate surface area is 111 Å². The van der Waals surface area contributed by atoms with Crippen LogP contribution in [-0.2, 0) is 11.2 Å². The largest absolute Gasteiger partial charge is 0.384 e. The van der Waals surface area contributed by atoms with Crippen LogP contribution in [0.5, 0.6) is 0 Å². The van der Waals surface area contributed by atoms with Crippen LogP contribution in [0, 0.1) is 0 Å². The average Bonchev–Trinajstić information content (AvgIpc) is 2.31. The maximum atomic E-state index is 11.3. The number of halogens is 1. The van der Waals surface area contributed by atoms with Gasteiger partial charge in [-0.3, -0.25) is 4.79 Å². The Morgan fingerprint density at radius 1 is 1.35 bits per heavy atom. The maximum absolute atomic E-state index is 11.3. The van der Waals surface area contributed by atoms with E-state index in [9.17, 15) is 4.79 Å². The Hall–Kier alpha value is -1.03. The second-order valence-electron chi connectivity index (χ2n) is 3.79. The van der Waals surface area contributed by atoms with Gasteiger partial charge < -0.3 is 10.6 Å². The van der Waals surface area contributed by atoms with Crippen molar-refractivity contribution in [2.45, 2.75) is 26.7 Å². The highest BCUT2D eigenvalue weighted by Gasteiger charge is 2.03. The van der Waals surface area contributed by atoms with Crippen LogP contribution >= 0.6 is 15.9 Å². The fourth-order valence-corrected chi connectivity index (χ4v) is 2.03. The van der Waals surface area contributed by atoms with Crippen LogP contribution in [0.4, 0.5) is 5.69 Å². The molecule has 0 saturated carbocycles. The van der Waals surface area contributed by atoms with E-state index >= 15 is 0 Å². The highest BCUT2D eigenvalue weighted by molar-refractivity contribution is 9.10. The highest BCUT2D eigenvalue weighted by Crippen LogP contribution is 2.21. The quantitative estimate of drug-likeness (QED) is 0.848. The highest BCUT2D eigenvalue weighted by atomic mass is 79.9. The summed E-state index contributed by atoms with van der Waals surface area (Å²) in [6, 6.07) is 6.16. The Kier molecular flexibility index (Phi) is 6.05. The third-order valence-corrected chi connectivity index (χ3v) is 2.98. The molecule has 0 aliphatic carbocycles. The van der Waals surface area contributed by atoms with Crippen molar-refractivity contribution in [3.63, 3.8) is 0 Å². The number of carbonyl (C=O) groups is 1. The zero-order chi connectivity index (χ0) is 12.7. The Morgan fingerprint density at radius 3 is 2.76 bits per heavy atom. The van der Waals surface area contributed by atoms with Gasteiger partial charge in [0.05, 0.1) is 0 Å². The second-order valence-corrected chi connectivity index (χ2v) is 4.70. The van der Waals surface area contributed by atoms with Gasteiger partial charge in [-0.15, -0.1) is 0 Å². The third kappa shape index (κ3) is 4.77. The summed E-state index contributed by atoms with van der Waals surface area (Å²) >= 11 is 3.46. The minimum atomic E-state index is 0.0927. The normalized spacial score (nSPS) is 10.1. The van der Waals surface area contributed by atoms with Crippen LogP contribution in [0.3, 0.4) is 0 Å². The molecule has 0 aliphatic heterocycles. The Bertz CT molecular complexity index is 380. The Morgan fingerprint density at radius 2 is 2.12 bits per heavy atom. The number of carbonyl (C=O) groups excluding carboxylic acids is 1. The predicted octanol–water partition coefficient (Wildman–Crippen LogP) is 2.95. The smallest absolute Gasteiger partial charge is 0.221 e. The summed E-state index contributed by atoms with van der Waals surface area (Å²) in [7, 11) is 0. The summed E-state index contributed by atoms with van der Waals surface area (Å²) in [6.07, 6.45) is 1.48. The van der Waals surface area contributed by atoms with Gasteiger partial charge in [0.15, 0.2) is 0 Å². The van der Waals surface area contributed by atoms with Gasteiger partial charge in [0.25, 0.3) is 0 Å². The molecule has 0 aromatic heterocycles. The molecule has 17 heavy (non-hydrogen) atoms. The van der Waals surface area contributed by atoms with Gasteiger partial charge in [-0.25, -0.2) is 0 Å². The molecule has 0 atom stereocenters. The summed E-state index contributed by atoms with van der Waals surface area (Å²) in [5.41, 5.74) is 2.37. The first-order chi connectivity index (χ1) is 8.17. The topological polar surface area (TPSA) is 41.1 Å². The van der Waals surface area contributed by atoms with Crippen molar-refractivity contribution >= 4 is 27.5 Å². The fourth-order valence-electron chi connectivity index (χ4n) is 1.62. The molecule has 0 heterocycles. The summed E-state index contributed by atoms with van der Waals surface area (Å²) in [5.74, 6) is 0.0927. The molecule has 0 fully saturated rings. The van der Waals surface area contributed by atoms with Crippen LogP contribution in [0.15, 0.2) is 22.7 Å². The summed E-state index contributed by atoms with van der Waals surface area (Å²) in [5, 5.41) is 6.08. The van der Waals surface area contributed by atoms with Crippen LogP contribution in [-0.4, -0.2) is 19.0 Å². The van der Waals surface area contributed by atoms with Crippen molar-refractivity contribution in [3.05, 3.63) is 28.2 Å². The lowest BCUT2D eigenvalue weighted by Gasteiger charge is -2.11. The number of anilines is 1. The lowest BCUT2D eigenvalue weighted by molar-refractivity contribution is -0.120. The average molecular weight is 299 g/mol. The zero-order valence-electron chi connectivity index (χ0n) is 10.3. The van der Waals surface area contributed by atoms with Crippen molar-refractivity contribution in [2.24, 2.45) is 0 Å². The van der Waals surface area contributed by atoms with E-state index in [2.05, 4.69) is 39.6 Å². The van der Waals surface area contributed by atoms with Gasteiger partial charge in [0, 0.05) is 29.7 Å². The molecule has 3 nitrogen and oxygen atoms in total. The number of amides is 1. The van der Waals surface area contributed by atoms with Gasteiger partial charge in [-0.2, -0.15) is 0 Å². The third-order valence-electron chi connectivity index (χ3n) is 2.49. The number of benzene rings is 1. The predicted molar refractivity (Wildman–Crippen MR) is 75.3 cm³/mol. The van der Waals surface area contributed by atoms with Crippen molar-refractivity contribution in [1.29, 1.82) is 0 Å². The zero-order valence-corrected chi connectivity index (χ0v) is 11.9. The molecule has 0 saturated heterocycles. The monoisotopic (exact) mass is 298 g/mol. The first-order valence-electron chi connectivity index (χ1n) is 5.96. The molecule has 94 valence electrons. The maximum Gasteiger partial charge on any atom is 0.221 e. The molecule has 1 amide bonds. The van der Waals surface area contributed by atoms with Gasteiger partial charge in [-0.1, -0.05) is 22.9 Å². The minimum Gasteiger partial charge on any atom is -0.384 e. The molecule has 1 aromatic carbocycles. The van der Waals surface area contributed by atoms with Gasteiger partial charge in [0.1, 0.15) is 0 Å². The van der Waals surface area contributed by atoms with Gasteiger partial charge in [-0.05, 0) is 37.1 Å². The SMILES string of the molecule is CCNC(=O)CCNc1ccc(Br)cc1CC. The minimum absolute atomic E-state index is 0.0927. The number of nitrogens with one attached hydrogen (secondary N) is 2. The number of aryl methyl sites for hydroxylation is 1. The first-order valence-corrected chi connectivity index (χ1v) is 6.75. The standard InChI is InChI=1S/C13H19BrN2O/c1-3-10-9-11(14)5-6-12(10)16-8-7-13(17)15-4-2/h5-6,9,16H,3-4,7-8H2,1-2H3,(H,15,17). The van der Waals surface area contributed by atoms with E-state index in [0.717, 1.165) is 16.6 Å². The van der Waals surface area contributed by atoms with Crippen LogP contribution in [0.2, 0.25) is 0 Å². The first kappa shape index (κ1) is 14.0. The van der Waals surface area contributed by atoms with Crippen LogP contribution in [0.1, 0.15) is 25.8 Å². The molecule has 0 aliphatic rings. The molecule has 1 rings (SSSR count). The molecule has 4 heteroatoms. The molecule has 0 bridgehead atoms. The molecule has 0 unspecified atom stereocenters. The summed E-state index contributed by atoms with van der Waals surface area (Å²) in [6.45, 7) is 5.41. The number of rotatable bonds is 6. The van der Waals surface area contributed by atoms with Crippen molar-refractivity contribution < 1.29 is 4.79 Å². The molecule has 0 radical (unpaired) electrons. The molecule has 0 spiro atoms. The van der Waals surface area contributed by atoms with E-state index in [-0.39, 0.29) is 5.91 Å². The fraction of sp³-hybridized carbons (Fsp3) is 0.462. The lowest BCUT2D eigenvalue weighted by Crippen LogP contribution is -2.24. The molecular weight excluding hydrogens is 280 g/mol. The van der Waals surface area contributed by atoms with Gasteiger partial charge in [0.2, 0.25) is 5.91 Å². The summed E-state index contributed by atoms with van der Waals surface area (Å²) in [4.78, 5) is 11.3. The molecule has 2 N–H and O–H groups in total. The van der Waals surface area contributed by atoms with E-state index in [1.54, 1.807) is 0 Å². The van der Waals surface area contributed by atoms with Crippen LogP contribution in [0.25, 0.3) is 0 Å². The van der Waals surface area contributed by atoms with Crippen molar-refractivity contribution in [3.8, 4) is 0 Å².